The standard InChI is InChI=1S/C18H29N3O2/c19-11-12-20-18(23)16(14-7-3-1-4-8-14)13-21-17(22)15-9-5-2-6-10-15/h14-16H,1-10,12-13H2,(H,20,23)(H,21,22). The fourth-order valence-electron chi connectivity index (χ4n) is 3.99. The van der Waals surface area contributed by atoms with E-state index in [1.807, 2.05) is 6.07 Å². The molecule has 1 atom stereocenters. The van der Waals surface area contributed by atoms with Gasteiger partial charge in [0.15, 0.2) is 0 Å². The van der Waals surface area contributed by atoms with Crippen LogP contribution in [0.25, 0.3) is 0 Å². The fourth-order valence-corrected chi connectivity index (χ4v) is 3.99. The van der Waals surface area contributed by atoms with Crippen LogP contribution in [0, 0.1) is 29.1 Å². The maximum atomic E-state index is 12.4. The Morgan fingerprint density at radius 2 is 1.57 bits per heavy atom. The predicted octanol–water partition coefficient (Wildman–Crippen LogP) is 2.52. The minimum Gasteiger partial charge on any atom is -0.355 e. The molecule has 0 saturated heterocycles. The topological polar surface area (TPSA) is 82.0 Å². The van der Waals surface area contributed by atoms with Crippen LogP contribution in [0.1, 0.15) is 64.2 Å². The number of rotatable bonds is 6. The van der Waals surface area contributed by atoms with Gasteiger partial charge in [0, 0.05) is 12.5 Å². The van der Waals surface area contributed by atoms with Gasteiger partial charge in [0.2, 0.25) is 11.8 Å². The van der Waals surface area contributed by atoms with E-state index >= 15 is 0 Å². The molecule has 0 bridgehead atoms. The van der Waals surface area contributed by atoms with Crippen molar-refractivity contribution < 1.29 is 9.59 Å². The molecular weight excluding hydrogens is 290 g/mol. The fraction of sp³-hybridized carbons (Fsp3) is 0.833. The van der Waals surface area contributed by atoms with Gasteiger partial charge >= 0.3 is 0 Å². The summed E-state index contributed by atoms with van der Waals surface area (Å²) >= 11 is 0. The highest BCUT2D eigenvalue weighted by Gasteiger charge is 2.30. The maximum absolute atomic E-state index is 12.4. The third kappa shape index (κ3) is 5.53. The Kier molecular flexibility index (Phi) is 7.38. The second-order valence-electron chi connectivity index (χ2n) is 6.96. The number of nitrogens with zero attached hydrogens (tertiary/aromatic N) is 1. The lowest BCUT2D eigenvalue weighted by Crippen LogP contribution is -2.44. The van der Waals surface area contributed by atoms with E-state index in [9.17, 15) is 9.59 Å². The Labute approximate surface area is 139 Å². The monoisotopic (exact) mass is 319 g/mol. The van der Waals surface area contributed by atoms with Crippen LogP contribution in [-0.4, -0.2) is 24.9 Å². The molecule has 2 rings (SSSR count). The van der Waals surface area contributed by atoms with Crippen LogP contribution >= 0.6 is 0 Å². The highest BCUT2D eigenvalue weighted by molar-refractivity contribution is 5.82. The van der Waals surface area contributed by atoms with E-state index in [4.69, 9.17) is 5.26 Å². The third-order valence-electron chi connectivity index (χ3n) is 5.37. The number of hydrogen-bond donors (Lipinski definition) is 2. The van der Waals surface area contributed by atoms with Crippen LogP contribution < -0.4 is 10.6 Å². The van der Waals surface area contributed by atoms with Gasteiger partial charge in [-0.3, -0.25) is 9.59 Å². The first-order valence-electron chi connectivity index (χ1n) is 9.14. The molecule has 2 aliphatic rings. The number of amides is 2. The summed E-state index contributed by atoms with van der Waals surface area (Å²) in [5.74, 6) is 0.282. The summed E-state index contributed by atoms with van der Waals surface area (Å²) in [5.41, 5.74) is 0. The molecule has 2 fully saturated rings. The van der Waals surface area contributed by atoms with E-state index in [-0.39, 0.29) is 30.2 Å². The van der Waals surface area contributed by atoms with Crippen molar-refractivity contribution >= 4 is 11.8 Å². The van der Waals surface area contributed by atoms with Gasteiger partial charge in [0.25, 0.3) is 0 Å². The highest BCUT2D eigenvalue weighted by atomic mass is 16.2. The average Bonchev–Trinajstić information content (AvgIpc) is 2.61. The van der Waals surface area contributed by atoms with E-state index < -0.39 is 0 Å². The molecule has 0 spiro atoms. The maximum Gasteiger partial charge on any atom is 0.225 e. The number of carbonyl (C=O) groups is 2. The van der Waals surface area contributed by atoms with Crippen molar-refractivity contribution in [1.29, 1.82) is 5.26 Å². The van der Waals surface area contributed by atoms with E-state index in [2.05, 4.69) is 10.6 Å². The molecular formula is C18H29N3O2. The SMILES string of the molecule is N#CCNC(=O)C(CNC(=O)C1CCCCC1)C1CCCCC1. The number of nitriles is 1. The van der Waals surface area contributed by atoms with Crippen molar-refractivity contribution in [2.75, 3.05) is 13.1 Å². The Morgan fingerprint density at radius 1 is 0.957 bits per heavy atom. The molecule has 0 radical (unpaired) electrons. The van der Waals surface area contributed by atoms with Crippen molar-refractivity contribution in [3.05, 3.63) is 0 Å². The molecule has 128 valence electrons. The second kappa shape index (κ2) is 9.54. The van der Waals surface area contributed by atoms with Crippen LogP contribution in [0.5, 0.6) is 0 Å². The van der Waals surface area contributed by atoms with E-state index in [1.54, 1.807) is 0 Å². The molecule has 23 heavy (non-hydrogen) atoms. The lowest BCUT2D eigenvalue weighted by atomic mass is 9.79. The summed E-state index contributed by atoms with van der Waals surface area (Å²) in [6.45, 7) is 0.454. The summed E-state index contributed by atoms with van der Waals surface area (Å²) in [4.78, 5) is 24.7. The number of nitrogens with one attached hydrogen (secondary N) is 2. The molecule has 0 heterocycles. The zero-order valence-corrected chi connectivity index (χ0v) is 14.0. The smallest absolute Gasteiger partial charge is 0.225 e. The Hall–Kier alpha value is -1.57. The lowest BCUT2D eigenvalue weighted by molar-refractivity contribution is -0.129. The van der Waals surface area contributed by atoms with E-state index in [0.29, 0.717) is 12.5 Å². The molecule has 0 aromatic carbocycles. The van der Waals surface area contributed by atoms with Gasteiger partial charge in [-0.15, -0.1) is 0 Å². The van der Waals surface area contributed by atoms with Gasteiger partial charge in [0.05, 0.1) is 12.0 Å². The predicted molar refractivity (Wildman–Crippen MR) is 88.3 cm³/mol. The second-order valence-corrected chi connectivity index (χ2v) is 6.96. The Bertz CT molecular complexity index is 432. The van der Waals surface area contributed by atoms with Crippen molar-refractivity contribution in [2.24, 2.45) is 17.8 Å². The largest absolute Gasteiger partial charge is 0.355 e. The van der Waals surface area contributed by atoms with Crippen LogP contribution in [0.3, 0.4) is 0 Å². The number of carbonyl (C=O) groups excluding carboxylic acids is 2. The minimum absolute atomic E-state index is 0.0403. The third-order valence-corrected chi connectivity index (χ3v) is 5.37. The van der Waals surface area contributed by atoms with Gasteiger partial charge in [-0.1, -0.05) is 38.5 Å². The first-order chi connectivity index (χ1) is 11.2. The quantitative estimate of drug-likeness (QED) is 0.738. The van der Waals surface area contributed by atoms with Gasteiger partial charge in [-0.05, 0) is 31.6 Å². The van der Waals surface area contributed by atoms with Gasteiger partial charge in [-0.2, -0.15) is 5.26 Å². The molecule has 2 amide bonds. The van der Waals surface area contributed by atoms with Crippen molar-refractivity contribution in [3.63, 3.8) is 0 Å². The summed E-state index contributed by atoms with van der Waals surface area (Å²) in [6.07, 6.45) is 11.1. The molecule has 0 aromatic heterocycles. The summed E-state index contributed by atoms with van der Waals surface area (Å²) in [7, 11) is 0. The molecule has 5 heteroatoms. The van der Waals surface area contributed by atoms with Crippen LogP contribution in [0.4, 0.5) is 0 Å². The molecule has 5 nitrogen and oxygen atoms in total. The molecule has 2 N–H and O–H groups in total. The normalized spacial score (nSPS) is 21.2. The zero-order valence-electron chi connectivity index (χ0n) is 14.0. The first kappa shape index (κ1) is 17.8. The van der Waals surface area contributed by atoms with Crippen LogP contribution in [0.15, 0.2) is 0 Å². The summed E-state index contributed by atoms with van der Waals surface area (Å²) in [6, 6.07) is 1.95. The lowest BCUT2D eigenvalue weighted by Gasteiger charge is -2.30. The highest BCUT2D eigenvalue weighted by Crippen LogP contribution is 2.30. The van der Waals surface area contributed by atoms with Gasteiger partial charge < -0.3 is 10.6 Å². The minimum atomic E-state index is -0.198. The van der Waals surface area contributed by atoms with Crippen molar-refractivity contribution in [1.82, 2.24) is 10.6 Å². The summed E-state index contributed by atoms with van der Waals surface area (Å²) < 4.78 is 0. The van der Waals surface area contributed by atoms with E-state index in [1.165, 1.54) is 12.8 Å². The van der Waals surface area contributed by atoms with Gasteiger partial charge in [-0.25, -0.2) is 0 Å². The van der Waals surface area contributed by atoms with Crippen LogP contribution in [-0.2, 0) is 9.59 Å². The first-order valence-corrected chi connectivity index (χ1v) is 9.14. The summed E-state index contributed by atoms with van der Waals surface area (Å²) in [5, 5.41) is 14.4. The van der Waals surface area contributed by atoms with E-state index in [0.717, 1.165) is 51.4 Å². The Morgan fingerprint density at radius 3 is 2.17 bits per heavy atom. The van der Waals surface area contributed by atoms with Crippen molar-refractivity contribution in [3.8, 4) is 6.07 Å². The van der Waals surface area contributed by atoms with Crippen LogP contribution in [0.2, 0.25) is 0 Å². The Balaban J connectivity index is 1.89. The molecule has 0 aliphatic heterocycles. The molecule has 1 unspecified atom stereocenters. The molecule has 0 aromatic rings. The van der Waals surface area contributed by atoms with Crippen molar-refractivity contribution in [2.45, 2.75) is 64.2 Å². The zero-order chi connectivity index (χ0) is 16.5. The molecule has 2 aliphatic carbocycles. The molecule has 2 saturated carbocycles. The van der Waals surface area contributed by atoms with Gasteiger partial charge in [0.1, 0.15) is 6.54 Å². The number of hydrogen-bond acceptors (Lipinski definition) is 3. The average molecular weight is 319 g/mol.